The first kappa shape index (κ1) is 81.2. The van der Waals surface area contributed by atoms with Crippen LogP contribution in [0.25, 0.3) is 0 Å². The molecule has 0 aliphatic rings. The molecule has 21 heteroatoms. The van der Waals surface area contributed by atoms with Crippen LogP contribution in [0.5, 0.6) is 0 Å². The number of nitrogens with zero attached hydrogens (tertiary/aromatic N) is 1. The summed E-state index contributed by atoms with van der Waals surface area (Å²) in [6, 6.07) is 0. The van der Waals surface area contributed by atoms with Gasteiger partial charge in [0.2, 0.25) is 5.91 Å². The smallest absolute Gasteiger partial charge is 0.311 e. The number of rotatable bonds is 30. The molecule has 0 aromatic rings. The average molecular weight is 1110 g/mol. The van der Waals surface area contributed by atoms with Crippen LogP contribution in [-0.4, -0.2) is 155 Å². The predicted molar refractivity (Wildman–Crippen MR) is 297 cm³/mol. The maximum absolute atomic E-state index is 11.4. The molecule has 0 aromatic heterocycles. The third kappa shape index (κ3) is 53.5. The molecule has 0 aliphatic carbocycles. The first-order valence-electron chi connectivity index (χ1n) is 25.5. The molecule has 3 atom stereocenters. The van der Waals surface area contributed by atoms with E-state index in [9.17, 15) is 42.0 Å². The molecule has 0 aromatic carbocycles. The van der Waals surface area contributed by atoms with E-state index in [1.807, 2.05) is 103 Å². The number of esters is 5. The van der Waals surface area contributed by atoms with Gasteiger partial charge in [0.1, 0.15) is 6.61 Å². The number of likely N-dealkylation sites (N-methyl/N-ethyl adjacent to an activating group) is 1. The molecular weight excluding hydrogens is 1000 g/mol. The standard InChI is InChI=1S/C13H24O4S.C9H20N2O.C9H18O5S.C8H16O2S.C7H14O2.C6H12O2/c1-4-11(2)13(15)17-8-5-7-12(14)16-9-6-10-18-3;1-5-8(2)9(12)10-6-7-11(3)4;1-4-9(2,3)8(10)14-6-5-7-15(11,12)13;1-4-7(2)8(9)10-5-6-11-3;1-5-7(2,3)6(8)9-4;1-4-6(2,3)5(7)8/h11H,4-10H2,1-3H3;8H,5-7H2,1-4H3,(H,10,12);4-7H2,1-3H3,(H,11,12,13);7H,4-6H2,1-3H3;5H2,1-4H3;4H2,1-3H3,(H,7,8). The number of thioether (sulfide) groups is 2. The lowest BCUT2D eigenvalue weighted by atomic mass is 9.91. The molecule has 0 saturated carbocycles. The second-order valence-corrected chi connectivity index (χ2v) is 22.8. The van der Waals surface area contributed by atoms with Gasteiger partial charge in [0.05, 0.1) is 60.8 Å². The van der Waals surface area contributed by atoms with E-state index >= 15 is 0 Å². The third-order valence-electron chi connectivity index (χ3n) is 11.3. The van der Waals surface area contributed by atoms with Gasteiger partial charge in [-0.25, -0.2) is 0 Å². The van der Waals surface area contributed by atoms with Crippen molar-refractivity contribution in [3.8, 4) is 0 Å². The van der Waals surface area contributed by atoms with Gasteiger partial charge in [0.25, 0.3) is 10.1 Å². The number of methoxy groups -OCH3 is 1. The van der Waals surface area contributed by atoms with Gasteiger partial charge >= 0.3 is 35.8 Å². The Bertz CT molecular complexity index is 1570. The number of hydrogen-bond donors (Lipinski definition) is 3. The third-order valence-corrected chi connectivity index (χ3v) is 13.4. The van der Waals surface area contributed by atoms with E-state index in [1.165, 1.54) is 7.11 Å². The summed E-state index contributed by atoms with van der Waals surface area (Å²) >= 11 is 3.42. The van der Waals surface area contributed by atoms with Crippen molar-refractivity contribution in [3.63, 3.8) is 0 Å². The minimum absolute atomic E-state index is 0.0159. The number of carboxylic acid groups (broad SMARTS) is 1. The lowest BCUT2D eigenvalue weighted by Gasteiger charge is -2.20. The Morgan fingerprint density at radius 3 is 1.38 bits per heavy atom. The lowest BCUT2D eigenvalue weighted by Crippen LogP contribution is -2.34. The Morgan fingerprint density at radius 1 is 0.603 bits per heavy atom. The average Bonchev–Trinajstić information content (AvgIpc) is 3.34. The van der Waals surface area contributed by atoms with Crippen molar-refractivity contribution in [1.82, 2.24) is 10.2 Å². The highest BCUT2D eigenvalue weighted by molar-refractivity contribution is 7.98. The molecule has 0 radical (unpaired) electrons. The van der Waals surface area contributed by atoms with Crippen LogP contribution in [0.3, 0.4) is 0 Å². The molecule has 0 fully saturated rings. The van der Waals surface area contributed by atoms with Gasteiger partial charge in [0, 0.05) is 31.2 Å². The summed E-state index contributed by atoms with van der Waals surface area (Å²) in [5, 5.41) is 11.3. The normalized spacial score (nSPS) is 12.2. The summed E-state index contributed by atoms with van der Waals surface area (Å²) in [6.07, 6.45) is 10.6. The van der Waals surface area contributed by atoms with E-state index in [0.29, 0.717) is 45.5 Å². The Hall–Kier alpha value is -3.14. The lowest BCUT2D eigenvalue weighted by molar-refractivity contribution is -0.154. The van der Waals surface area contributed by atoms with E-state index in [0.717, 1.165) is 56.7 Å². The van der Waals surface area contributed by atoms with Crippen LogP contribution < -0.4 is 5.32 Å². The van der Waals surface area contributed by atoms with Crippen molar-refractivity contribution < 1.29 is 75.3 Å². The Labute approximate surface area is 451 Å². The van der Waals surface area contributed by atoms with Crippen LogP contribution >= 0.6 is 23.5 Å². The molecule has 0 saturated heterocycles. The van der Waals surface area contributed by atoms with Crippen molar-refractivity contribution in [2.24, 2.45) is 34.0 Å². The maximum atomic E-state index is 11.4. The molecule has 0 rings (SSSR count). The topological polar surface area (TPSA) is 256 Å². The van der Waals surface area contributed by atoms with E-state index in [-0.39, 0.29) is 77.7 Å². The number of nitrogens with one attached hydrogen (secondary N) is 1. The molecule has 0 spiro atoms. The van der Waals surface area contributed by atoms with E-state index in [4.69, 9.17) is 28.6 Å². The first-order chi connectivity index (χ1) is 33.6. The SMILES string of the molecule is CCC(C)(C)C(=O)O.CCC(C)(C)C(=O)OC.CCC(C)(C)C(=O)OCCCS(=O)(=O)O.CCC(C)C(=O)NCCN(C)C.CCC(C)C(=O)OCCCC(=O)OCCCSC.CCC(C)C(=O)OCCSC. The van der Waals surface area contributed by atoms with Gasteiger partial charge < -0.3 is 39.0 Å². The molecule has 1 amide bonds. The first-order valence-corrected chi connectivity index (χ1v) is 29.9. The maximum Gasteiger partial charge on any atom is 0.311 e. The summed E-state index contributed by atoms with van der Waals surface area (Å²) < 4.78 is 53.6. The highest BCUT2D eigenvalue weighted by atomic mass is 32.2. The van der Waals surface area contributed by atoms with E-state index < -0.39 is 26.9 Å². The molecule has 0 heterocycles. The number of amides is 1. The predicted octanol–water partition coefficient (Wildman–Crippen LogP) is 9.65. The zero-order valence-electron chi connectivity index (χ0n) is 48.9. The molecule has 0 bridgehead atoms. The minimum atomic E-state index is -3.95. The second kappa shape index (κ2) is 48.5. The molecule has 436 valence electrons. The molecule has 73 heavy (non-hydrogen) atoms. The van der Waals surface area contributed by atoms with Crippen molar-refractivity contribution in [2.45, 2.75) is 168 Å². The number of carbonyl (C=O) groups is 7. The summed E-state index contributed by atoms with van der Waals surface area (Å²) in [6.45, 7) is 31.0. The monoisotopic (exact) mass is 1110 g/mol. The Morgan fingerprint density at radius 2 is 1.03 bits per heavy atom. The zero-order valence-corrected chi connectivity index (χ0v) is 51.4. The number of ether oxygens (including phenoxy) is 5. The molecule has 3 unspecified atom stereocenters. The van der Waals surface area contributed by atoms with Crippen molar-refractivity contribution >= 4 is 75.4 Å². The summed E-state index contributed by atoms with van der Waals surface area (Å²) in [4.78, 5) is 79.4. The molecular formula is C52H104N2O16S3. The fourth-order valence-electron chi connectivity index (χ4n) is 3.77. The molecule has 18 nitrogen and oxygen atoms in total. The fourth-order valence-corrected chi connectivity index (χ4v) is 4.91. The van der Waals surface area contributed by atoms with Crippen LogP contribution in [0.4, 0.5) is 0 Å². The molecule has 0 aliphatic heterocycles. The quantitative estimate of drug-likeness (QED) is 0.0262. The van der Waals surface area contributed by atoms with Crippen LogP contribution in [0, 0.1) is 34.0 Å². The largest absolute Gasteiger partial charge is 0.481 e. The summed E-state index contributed by atoms with van der Waals surface area (Å²) in [5.41, 5.74) is -1.40. The zero-order chi connectivity index (χ0) is 58.4. The van der Waals surface area contributed by atoms with Crippen molar-refractivity contribution in [3.05, 3.63) is 0 Å². The second-order valence-electron chi connectivity index (χ2n) is 19.3. The van der Waals surface area contributed by atoms with Gasteiger partial charge in [-0.1, -0.05) is 62.3 Å². The van der Waals surface area contributed by atoms with E-state index in [2.05, 4.69) is 15.0 Å². The number of carboxylic acids is 1. The van der Waals surface area contributed by atoms with E-state index in [1.54, 1.807) is 51.2 Å². The van der Waals surface area contributed by atoms with Gasteiger partial charge in [-0.15, -0.1) is 0 Å². The number of aliphatic carboxylic acids is 1. The van der Waals surface area contributed by atoms with Crippen LogP contribution in [-0.2, 0) is 67.4 Å². The Balaban J connectivity index is -0.000000188. The van der Waals surface area contributed by atoms with Gasteiger partial charge in [0.15, 0.2) is 0 Å². The summed E-state index contributed by atoms with van der Waals surface area (Å²) in [7, 11) is 1.45. The number of hydrogen-bond acceptors (Lipinski definition) is 17. The van der Waals surface area contributed by atoms with Crippen molar-refractivity contribution in [1.29, 1.82) is 0 Å². The highest BCUT2D eigenvalue weighted by Gasteiger charge is 2.27. The van der Waals surface area contributed by atoms with Crippen LogP contribution in [0.2, 0.25) is 0 Å². The van der Waals surface area contributed by atoms with Crippen LogP contribution in [0.1, 0.15) is 168 Å². The minimum Gasteiger partial charge on any atom is -0.481 e. The van der Waals surface area contributed by atoms with Gasteiger partial charge in [-0.05, 0) is 132 Å². The number of carbonyl (C=O) groups excluding carboxylic acids is 6. The van der Waals surface area contributed by atoms with Gasteiger partial charge in [-0.3, -0.25) is 38.1 Å². The van der Waals surface area contributed by atoms with Crippen LogP contribution in [0.15, 0.2) is 0 Å². The molecule has 3 N–H and O–H groups in total. The Kier molecular flexibility index (Phi) is 54.0. The van der Waals surface area contributed by atoms with Gasteiger partial charge in [-0.2, -0.15) is 31.9 Å². The summed E-state index contributed by atoms with van der Waals surface area (Å²) in [5.74, 6) is 0.134. The fraction of sp³-hybridized carbons (Fsp3) is 0.865. The van der Waals surface area contributed by atoms with Crippen molar-refractivity contribution in [2.75, 3.05) is 90.5 Å². The highest BCUT2D eigenvalue weighted by Crippen LogP contribution is 2.22.